The van der Waals surface area contributed by atoms with Crippen molar-refractivity contribution in [3.05, 3.63) is 28.5 Å². The van der Waals surface area contributed by atoms with Crippen LogP contribution in [0.2, 0.25) is 0 Å². The molecule has 1 fully saturated rings. The van der Waals surface area contributed by atoms with E-state index in [0.29, 0.717) is 18.1 Å². The van der Waals surface area contributed by atoms with Crippen molar-refractivity contribution in [1.29, 1.82) is 0 Å². The van der Waals surface area contributed by atoms with Crippen LogP contribution >= 0.6 is 15.9 Å². The third-order valence-corrected chi connectivity index (χ3v) is 4.51. The Kier molecular flexibility index (Phi) is 4.77. The van der Waals surface area contributed by atoms with Crippen LogP contribution in [0.15, 0.2) is 22.9 Å². The first-order chi connectivity index (χ1) is 9.02. The number of carbonyl (C=O) groups excluding carboxylic acids is 1. The van der Waals surface area contributed by atoms with Crippen molar-refractivity contribution >= 4 is 21.7 Å². The van der Waals surface area contributed by atoms with E-state index in [1.807, 2.05) is 6.07 Å². The Labute approximate surface area is 124 Å². The first kappa shape index (κ1) is 14.7. The Balaban J connectivity index is 2.12. The number of pyridine rings is 1. The first-order valence-electron chi connectivity index (χ1n) is 7.14. The van der Waals surface area contributed by atoms with E-state index in [-0.39, 0.29) is 5.41 Å². The standard InChI is InChI=1S/C16H22BrNO/c1-12(2)9-16(5-3-4-6-16)15(19)8-13-7-14(17)11-18-10-13/h7,10-12H,3-6,8-9H2,1-2H3. The van der Waals surface area contributed by atoms with Crippen molar-refractivity contribution in [2.75, 3.05) is 0 Å². The lowest BCUT2D eigenvalue weighted by Crippen LogP contribution is -2.31. The lowest BCUT2D eigenvalue weighted by Gasteiger charge is -2.29. The molecule has 2 nitrogen and oxygen atoms in total. The lowest BCUT2D eigenvalue weighted by molar-refractivity contribution is -0.128. The minimum absolute atomic E-state index is 0.0590. The first-order valence-corrected chi connectivity index (χ1v) is 7.94. The van der Waals surface area contributed by atoms with Crippen LogP contribution in [0.3, 0.4) is 0 Å². The Morgan fingerprint density at radius 3 is 2.63 bits per heavy atom. The molecule has 0 N–H and O–H groups in total. The summed E-state index contributed by atoms with van der Waals surface area (Å²) in [5, 5.41) is 0. The number of halogens is 1. The molecule has 1 aromatic rings. The van der Waals surface area contributed by atoms with Gasteiger partial charge in [-0.3, -0.25) is 9.78 Å². The number of Topliss-reactive ketones (excluding diaryl/α,β-unsaturated/α-hetero) is 1. The highest BCUT2D eigenvalue weighted by atomic mass is 79.9. The molecule has 1 aliphatic carbocycles. The van der Waals surface area contributed by atoms with Crippen LogP contribution in [0, 0.1) is 11.3 Å². The van der Waals surface area contributed by atoms with Gasteiger partial charge in [-0.05, 0) is 52.7 Å². The van der Waals surface area contributed by atoms with Crippen molar-refractivity contribution in [1.82, 2.24) is 4.98 Å². The fraction of sp³-hybridized carbons (Fsp3) is 0.625. The van der Waals surface area contributed by atoms with Crippen molar-refractivity contribution in [3.8, 4) is 0 Å². The predicted octanol–water partition coefficient (Wildman–Crippen LogP) is 4.56. The molecule has 1 heterocycles. The number of ketones is 1. The molecule has 0 unspecified atom stereocenters. The van der Waals surface area contributed by atoms with Crippen LogP contribution in [0.25, 0.3) is 0 Å². The molecule has 2 rings (SSSR count). The van der Waals surface area contributed by atoms with E-state index in [9.17, 15) is 4.79 Å². The van der Waals surface area contributed by atoms with Gasteiger partial charge in [0.05, 0.1) is 0 Å². The summed E-state index contributed by atoms with van der Waals surface area (Å²) in [6, 6.07) is 2.00. The molecule has 19 heavy (non-hydrogen) atoms. The molecule has 0 aromatic carbocycles. The maximum atomic E-state index is 12.7. The summed E-state index contributed by atoms with van der Waals surface area (Å²) in [5.74, 6) is 1.00. The molecule has 0 saturated heterocycles. The van der Waals surface area contributed by atoms with Gasteiger partial charge in [0.1, 0.15) is 5.78 Å². The molecular formula is C16H22BrNO. The number of carbonyl (C=O) groups is 1. The van der Waals surface area contributed by atoms with E-state index in [1.54, 1.807) is 12.4 Å². The second-order valence-corrected chi connectivity index (χ2v) is 7.11. The molecule has 0 spiro atoms. The zero-order valence-electron chi connectivity index (χ0n) is 11.8. The van der Waals surface area contributed by atoms with Gasteiger partial charge in [-0.2, -0.15) is 0 Å². The number of hydrogen-bond acceptors (Lipinski definition) is 2. The summed E-state index contributed by atoms with van der Waals surface area (Å²) in [4.78, 5) is 16.9. The molecule has 0 bridgehead atoms. The molecule has 0 atom stereocenters. The molecule has 0 radical (unpaired) electrons. The van der Waals surface area contributed by atoms with Crippen molar-refractivity contribution in [2.24, 2.45) is 11.3 Å². The van der Waals surface area contributed by atoms with Crippen LogP contribution in [0.4, 0.5) is 0 Å². The molecule has 1 saturated carbocycles. The fourth-order valence-electron chi connectivity index (χ4n) is 3.36. The molecule has 0 aliphatic heterocycles. The van der Waals surface area contributed by atoms with Crippen LogP contribution < -0.4 is 0 Å². The highest BCUT2D eigenvalue weighted by Gasteiger charge is 2.40. The summed E-state index contributed by atoms with van der Waals surface area (Å²) >= 11 is 3.42. The average molecular weight is 324 g/mol. The van der Waals surface area contributed by atoms with E-state index in [1.165, 1.54) is 12.8 Å². The highest BCUT2D eigenvalue weighted by Crippen LogP contribution is 2.44. The number of hydrogen-bond donors (Lipinski definition) is 0. The van der Waals surface area contributed by atoms with Gasteiger partial charge >= 0.3 is 0 Å². The predicted molar refractivity (Wildman–Crippen MR) is 81.0 cm³/mol. The van der Waals surface area contributed by atoms with Gasteiger partial charge < -0.3 is 0 Å². The summed E-state index contributed by atoms with van der Waals surface area (Å²) in [5.41, 5.74) is 0.964. The van der Waals surface area contributed by atoms with E-state index < -0.39 is 0 Å². The van der Waals surface area contributed by atoms with Crippen LogP contribution in [0.5, 0.6) is 0 Å². The minimum atomic E-state index is -0.0590. The van der Waals surface area contributed by atoms with Gasteiger partial charge in [0.2, 0.25) is 0 Å². The average Bonchev–Trinajstić information content (AvgIpc) is 2.78. The van der Waals surface area contributed by atoms with Crippen molar-refractivity contribution in [2.45, 2.75) is 52.4 Å². The zero-order chi connectivity index (χ0) is 13.9. The molecule has 104 valence electrons. The van der Waals surface area contributed by atoms with Gasteiger partial charge in [-0.15, -0.1) is 0 Å². The highest BCUT2D eigenvalue weighted by molar-refractivity contribution is 9.10. The Hall–Kier alpha value is -0.700. The molecular weight excluding hydrogens is 302 g/mol. The second-order valence-electron chi connectivity index (χ2n) is 6.20. The SMILES string of the molecule is CC(C)CC1(C(=O)Cc2cncc(Br)c2)CCCC1. The molecule has 0 amide bonds. The van der Waals surface area contributed by atoms with E-state index in [2.05, 4.69) is 34.8 Å². The van der Waals surface area contributed by atoms with Crippen molar-refractivity contribution < 1.29 is 4.79 Å². The number of nitrogens with zero attached hydrogens (tertiary/aromatic N) is 1. The summed E-state index contributed by atoms with van der Waals surface area (Å²) in [6.45, 7) is 4.43. The number of rotatable bonds is 5. The van der Waals surface area contributed by atoms with E-state index in [4.69, 9.17) is 0 Å². The topological polar surface area (TPSA) is 30.0 Å². The summed E-state index contributed by atoms with van der Waals surface area (Å²) in [7, 11) is 0. The zero-order valence-corrected chi connectivity index (χ0v) is 13.4. The third-order valence-electron chi connectivity index (χ3n) is 4.08. The van der Waals surface area contributed by atoms with Crippen LogP contribution in [-0.2, 0) is 11.2 Å². The Morgan fingerprint density at radius 2 is 2.05 bits per heavy atom. The van der Waals surface area contributed by atoms with Gasteiger partial charge in [0.25, 0.3) is 0 Å². The monoisotopic (exact) mass is 323 g/mol. The Bertz CT molecular complexity index is 450. The maximum Gasteiger partial charge on any atom is 0.143 e. The molecule has 3 heteroatoms. The molecule has 1 aliphatic rings. The second kappa shape index (κ2) is 6.17. The smallest absolute Gasteiger partial charge is 0.143 e. The maximum absolute atomic E-state index is 12.7. The molecule has 1 aromatic heterocycles. The van der Waals surface area contributed by atoms with Crippen LogP contribution in [-0.4, -0.2) is 10.8 Å². The van der Waals surface area contributed by atoms with Gasteiger partial charge in [-0.1, -0.05) is 26.7 Å². The Morgan fingerprint density at radius 1 is 1.37 bits per heavy atom. The van der Waals surface area contributed by atoms with Gasteiger partial charge in [0, 0.05) is 28.7 Å². The fourth-order valence-corrected chi connectivity index (χ4v) is 3.77. The minimum Gasteiger partial charge on any atom is -0.299 e. The summed E-state index contributed by atoms with van der Waals surface area (Å²) in [6.07, 6.45) is 9.68. The van der Waals surface area contributed by atoms with Crippen molar-refractivity contribution in [3.63, 3.8) is 0 Å². The largest absolute Gasteiger partial charge is 0.299 e. The third kappa shape index (κ3) is 3.65. The van der Waals surface area contributed by atoms with Gasteiger partial charge in [-0.25, -0.2) is 0 Å². The lowest BCUT2D eigenvalue weighted by atomic mass is 9.73. The quantitative estimate of drug-likeness (QED) is 0.794. The summed E-state index contributed by atoms with van der Waals surface area (Å²) < 4.78 is 0.946. The normalized spacial score (nSPS) is 17.9. The van der Waals surface area contributed by atoms with Gasteiger partial charge in [0.15, 0.2) is 0 Å². The van der Waals surface area contributed by atoms with E-state index >= 15 is 0 Å². The van der Waals surface area contributed by atoms with E-state index in [0.717, 1.165) is 29.3 Å². The van der Waals surface area contributed by atoms with Crippen LogP contribution in [0.1, 0.15) is 51.5 Å². The number of aromatic nitrogens is 1.